The maximum Gasteiger partial charge on any atom is 0.246 e. The molecular formula is C29H31ClN2O4. The smallest absolute Gasteiger partial charge is 0.246 e. The van der Waals surface area contributed by atoms with Gasteiger partial charge in [0, 0.05) is 36.3 Å². The third-order valence-corrected chi connectivity index (χ3v) is 9.29. The van der Waals surface area contributed by atoms with Gasteiger partial charge in [-0.25, -0.2) is 0 Å². The van der Waals surface area contributed by atoms with Crippen LogP contribution < -0.4 is 4.74 Å². The number of likely N-dealkylation sites (N-methyl/N-ethyl adjacent to an activating group) is 1. The number of piperidine rings is 1. The number of nitrogens with zero attached hydrogens (tertiary/aromatic N) is 2. The Morgan fingerprint density at radius 3 is 2.81 bits per heavy atom. The molecule has 2 aromatic carbocycles. The van der Waals surface area contributed by atoms with E-state index in [4.69, 9.17) is 16.3 Å². The molecule has 0 aromatic heterocycles. The zero-order valence-corrected chi connectivity index (χ0v) is 21.1. The van der Waals surface area contributed by atoms with E-state index < -0.39 is 17.1 Å². The number of phenolic OH excluding ortho intramolecular Hbond substituents is 1. The number of aromatic hydroxyl groups is 1. The molecule has 0 radical (unpaired) electrons. The van der Waals surface area contributed by atoms with Crippen molar-refractivity contribution in [1.29, 1.82) is 0 Å². The number of rotatable bonds is 5. The Hall–Kier alpha value is -2.80. The summed E-state index contributed by atoms with van der Waals surface area (Å²) in [5.41, 5.74) is 1.28. The van der Waals surface area contributed by atoms with Crippen LogP contribution in [-0.2, 0) is 16.6 Å². The highest BCUT2D eigenvalue weighted by Gasteiger charge is 2.73. The summed E-state index contributed by atoms with van der Waals surface area (Å²) in [7, 11) is 1.81. The van der Waals surface area contributed by atoms with Gasteiger partial charge in [-0.15, -0.1) is 6.58 Å². The van der Waals surface area contributed by atoms with Gasteiger partial charge in [-0.05, 0) is 67.6 Å². The molecule has 7 heteroatoms. The van der Waals surface area contributed by atoms with Gasteiger partial charge in [0.15, 0.2) is 11.5 Å². The Bertz CT molecular complexity index is 1260. The Morgan fingerprint density at radius 1 is 1.28 bits per heavy atom. The standard InChI is InChI=1S/C29H31ClN2O4/c1-3-15-32-16-14-28-25-19-7-10-22(33)26(25)36-27(28)21(12-13-29(28,35)23(32)17-19)31(2)24(34)11-6-18-4-8-20(30)9-5-18/h3-11,21,23,27,33,35H,1,12-17H2,2H3/t21-,23-,27+,28+,29-/m1/s1. The van der Waals surface area contributed by atoms with Gasteiger partial charge in [0.05, 0.1) is 17.1 Å². The van der Waals surface area contributed by atoms with E-state index >= 15 is 0 Å². The van der Waals surface area contributed by atoms with Crippen LogP contribution in [0.15, 0.2) is 55.1 Å². The third-order valence-electron chi connectivity index (χ3n) is 9.04. The number of hydrogen-bond donors (Lipinski definition) is 2. The zero-order chi connectivity index (χ0) is 25.2. The number of carbonyl (C=O) groups excluding carboxylic acids is 1. The summed E-state index contributed by atoms with van der Waals surface area (Å²) < 4.78 is 6.55. The number of benzene rings is 2. The zero-order valence-electron chi connectivity index (χ0n) is 20.4. The predicted molar refractivity (Wildman–Crippen MR) is 139 cm³/mol. The average Bonchev–Trinajstić information content (AvgIpc) is 3.22. The minimum Gasteiger partial charge on any atom is -0.504 e. The largest absolute Gasteiger partial charge is 0.504 e. The Balaban J connectivity index is 1.37. The van der Waals surface area contributed by atoms with Gasteiger partial charge in [0.25, 0.3) is 0 Å². The summed E-state index contributed by atoms with van der Waals surface area (Å²) in [4.78, 5) is 17.4. The monoisotopic (exact) mass is 506 g/mol. The summed E-state index contributed by atoms with van der Waals surface area (Å²) in [6.07, 6.45) is 7.38. The maximum atomic E-state index is 13.3. The summed E-state index contributed by atoms with van der Waals surface area (Å²) in [5, 5.41) is 23.9. The van der Waals surface area contributed by atoms with E-state index in [0.29, 0.717) is 43.0 Å². The van der Waals surface area contributed by atoms with Crippen LogP contribution in [0, 0.1) is 0 Å². The van der Waals surface area contributed by atoms with Crippen molar-refractivity contribution in [2.45, 2.75) is 54.9 Å². The number of ether oxygens (including phenoxy) is 1. The quantitative estimate of drug-likeness (QED) is 0.475. The van der Waals surface area contributed by atoms with Gasteiger partial charge in [-0.1, -0.05) is 35.9 Å². The van der Waals surface area contributed by atoms with Crippen molar-refractivity contribution in [3.63, 3.8) is 0 Å². The van der Waals surface area contributed by atoms with E-state index in [0.717, 1.165) is 23.2 Å². The van der Waals surface area contributed by atoms with E-state index in [1.807, 2.05) is 24.3 Å². The maximum absolute atomic E-state index is 13.3. The number of aliphatic hydroxyl groups is 1. The summed E-state index contributed by atoms with van der Waals surface area (Å²) in [6, 6.07) is 10.7. The van der Waals surface area contributed by atoms with Gasteiger partial charge in [0.2, 0.25) is 5.91 Å². The lowest BCUT2D eigenvalue weighted by atomic mass is 9.48. The fourth-order valence-electron chi connectivity index (χ4n) is 7.41. The molecule has 1 amide bonds. The molecule has 1 saturated heterocycles. The van der Waals surface area contributed by atoms with Gasteiger partial charge >= 0.3 is 0 Å². The summed E-state index contributed by atoms with van der Waals surface area (Å²) in [6.45, 7) is 5.44. The topological polar surface area (TPSA) is 73.2 Å². The first-order chi connectivity index (χ1) is 17.3. The lowest BCUT2D eigenvalue weighted by Crippen LogP contribution is -2.78. The van der Waals surface area contributed by atoms with Crippen molar-refractivity contribution in [2.75, 3.05) is 20.1 Å². The van der Waals surface area contributed by atoms with Crippen molar-refractivity contribution in [1.82, 2.24) is 9.80 Å². The third kappa shape index (κ3) is 3.14. The molecule has 5 atom stereocenters. The second-order valence-corrected chi connectivity index (χ2v) is 11.0. The molecule has 6 rings (SSSR count). The van der Waals surface area contributed by atoms with Crippen LogP contribution in [0.2, 0.25) is 5.02 Å². The van der Waals surface area contributed by atoms with Crippen molar-refractivity contribution in [2.24, 2.45) is 0 Å². The lowest BCUT2D eigenvalue weighted by Gasteiger charge is -2.64. The van der Waals surface area contributed by atoms with E-state index in [1.165, 1.54) is 0 Å². The van der Waals surface area contributed by atoms with Crippen LogP contribution in [-0.4, -0.2) is 69.8 Å². The van der Waals surface area contributed by atoms with Crippen molar-refractivity contribution in [3.8, 4) is 11.5 Å². The van der Waals surface area contributed by atoms with Crippen LogP contribution in [0.1, 0.15) is 36.0 Å². The number of phenols is 1. The molecule has 2 fully saturated rings. The van der Waals surface area contributed by atoms with Crippen molar-refractivity contribution in [3.05, 3.63) is 76.8 Å². The normalized spacial score (nSPS) is 32.1. The number of amides is 1. The molecule has 2 heterocycles. The van der Waals surface area contributed by atoms with Crippen molar-refractivity contribution < 1.29 is 19.7 Å². The minimum absolute atomic E-state index is 0.0647. The first-order valence-electron chi connectivity index (χ1n) is 12.6. The molecule has 1 spiro atoms. The van der Waals surface area contributed by atoms with Crippen LogP contribution in [0.3, 0.4) is 0 Å². The molecule has 2 aliphatic carbocycles. The van der Waals surface area contributed by atoms with Crippen LogP contribution in [0.25, 0.3) is 6.08 Å². The molecule has 0 unspecified atom stereocenters. The van der Waals surface area contributed by atoms with Crippen LogP contribution in [0.5, 0.6) is 11.5 Å². The lowest BCUT2D eigenvalue weighted by molar-refractivity contribution is -0.198. The number of carbonyl (C=O) groups is 1. The number of halogens is 1. The van der Waals surface area contributed by atoms with Gasteiger partial charge in [-0.3, -0.25) is 9.69 Å². The van der Waals surface area contributed by atoms with Gasteiger partial charge in [-0.2, -0.15) is 0 Å². The highest BCUT2D eigenvalue weighted by molar-refractivity contribution is 6.30. The second kappa shape index (κ2) is 8.37. The minimum atomic E-state index is -1.01. The first-order valence-corrected chi connectivity index (χ1v) is 13.0. The number of hydrogen-bond acceptors (Lipinski definition) is 5. The summed E-state index contributed by atoms with van der Waals surface area (Å²) >= 11 is 5.98. The fraction of sp³-hybridized carbons (Fsp3) is 0.414. The van der Waals surface area contributed by atoms with Crippen molar-refractivity contribution >= 4 is 23.6 Å². The average molecular weight is 507 g/mol. The molecule has 2 aromatic rings. The Kier molecular flexibility index (Phi) is 5.48. The molecule has 2 aliphatic heterocycles. The molecule has 2 bridgehead atoms. The number of likely N-dealkylation sites (tertiary alicyclic amines) is 1. The molecule has 6 nitrogen and oxygen atoms in total. The van der Waals surface area contributed by atoms with E-state index in [1.54, 1.807) is 42.3 Å². The first kappa shape index (κ1) is 23.6. The molecule has 4 aliphatic rings. The Morgan fingerprint density at radius 2 is 2.06 bits per heavy atom. The fourth-order valence-corrected chi connectivity index (χ4v) is 7.53. The molecule has 1 saturated carbocycles. The van der Waals surface area contributed by atoms with Crippen LogP contribution >= 0.6 is 11.6 Å². The van der Waals surface area contributed by atoms with Gasteiger partial charge < -0.3 is 19.8 Å². The predicted octanol–water partition coefficient (Wildman–Crippen LogP) is 3.93. The van der Waals surface area contributed by atoms with E-state index in [9.17, 15) is 15.0 Å². The van der Waals surface area contributed by atoms with Crippen LogP contribution in [0.4, 0.5) is 0 Å². The molecule has 2 N–H and O–H groups in total. The molecule has 188 valence electrons. The SMILES string of the molecule is C=CCN1CC[C@]23c4c5ccc(O)c4O[C@H]2[C@H](N(C)C(=O)C=Cc2ccc(Cl)cc2)CC[C@@]3(O)[C@H]1C5. The Labute approximate surface area is 216 Å². The summed E-state index contributed by atoms with van der Waals surface area (Å²) in [5.74, 6) is 0.454. The van der Waals surface area contributed by atoms with E-state index in [2.05, 4.69) is 11.5 Å². The molecular weight excluding hydrogens is 476 g/mol. The highest BCUT2D eigenvalue weighted by Crippen LogP contribution is 2.65. The van der Waals surface area contributed by atoms with E-state index in [-0.39, 0.29) is 23.7 Å². The second-order valence-electron chi connectivity index (χ2n) is 10.6. The molecule has 36 heavy (non-hydrogen) atoms. The van der Waals surface area contributed by atoms with Gasteiger partial charge in [0.1, 0.15) is 6.10 Å². The highest BCUT2D eigenvalue weighted by atomic mass is 35.5.